The van der Waals surface area contributed by atoms with Crippen LogP contribution in [0.1, 0.15) is 47.3 Å². The number of benzene rings is 3. The van der Waals surface area contributed by atoms with Crippen LogP contribution in [-0.4, -0.2) is 56.4 Å². The maximum atomic E-state index is 15.3. The SMILES string of the molecule is C[C@@H]1CN(Cc2cc3c4c(ccc(F)c4c2)N(c2cc(-c4ccc(F)cc4-c4nncn4C)cc(C4CC4)n2)C3=O)CCO1. The Morgan fingerprint density at radius 2 is 1.86 bits per heavy atom. The van der Waals surface area contributed by atoms with Gasteiger partial charge >= 0.3 is 0 Å². The van der Waals surface area contributed by atoms with Gasteiger partial charge in [0.1, 0.15) is 23.8 Å². The molecule has 1 saturated carbocycles. The lowest BCUT2D eigenvalue weighted by Crippen LogP contribution is -2.40. The van der Waals surface area contributed by atoms with Gasteiger partial charge in [0.05, 0.1) is 24.0 Å². The summed E-state index contributed by atoms with van der Waals surface area (Å²) in [5, 5.41) is 9.24. The molecule has 1 aliphatic carbocycles. The molecule has 2 aliphatic heterocycles. The second-order valence-corrected chi connectivity index (χ2v) is 12.1. The quantitative estimate of drug-likeness (QED) is 0.228. The van der Waals surface area contributed by atoms with Gasteiger partial charge in [0.2, 0.25) is 0 Å². The van der Waals surface area contributed by atoms with E-state index in [4.69, 9.17) is 9.72 Å². The zero-order chi connectivity index (χ0) is 30.1. The maximum Gasteiger partial charge on any atom is 0.264 e. The minimum Gasteiger partial charge on any atom is -0.376 e. The number of aromatic nitrogens is 4. The van der Waals surface area contributed by atoms with E-state index >= 15 is 4.39 Å². The van der Waals surface area contributed by atoms with Gasteiger partial charge in [0, 0.05) is 54.6 Å². The summed E-state index contributed by atoms with van der Waals surface area (Å²) in [6.07, 6.45) is 3.71. The Balaban J connectivity index is 1.25. The van der Waals surface area contributed by atoms with Crippen molar-refractivity contribution < 1.29 is 18.3 Å². The number of anilines is 2. The third kappa shape index (κ3) is 4.56. The molecule has 3 aliphatic rings. The normalized spacial score (nSPS) is 18.5. The molecule has 1 amide bonds. The third-order valence-corrected chi connectivity index (χ3v) is 8.81. The van der Waals surface area contributed by atoms with Gasteiger partial charge in [-0.15, -0.1) is 10.2 Å². The first-order valence-electron chi connectivity index (χ1n) is 14.9. The summed E-state index contributed by atoms with van der Waals surface area (Å²) in [5.74, 6) is 0.268. The van der Waals surface area contributed by atoms with Crippen molar-refractivity contribution in [3.63, 3.8) is 0 Å². The van der Waals surface area contributed by atoms with E-state index in [-0.39, 0.29) is 29.6 Å². The van der Waals surface area contributed by atoms with Gasteiger partial charge < -0.3 is 9.30 Å². The summed E-state index contributed by atoms with van der Waals surface area (Å²) in [6.45, 7) is 4.84. The predicted octanol–water partition coefficient (Wildman–Crippen LogP) is 6.37. The number of ether oxygens (including phenoxy) is 1. The summed E-state index contributed by atoms with van der Waals surface area (Å²) >= 11 is 0. The lowest BCUT2D eigenvalue weighted by molar-refractivity contribution is -0.0212. The van der Waals surface area contributed by atoms with Gasteiger partial charge in [0.25, 0.3) is 5.91 Å². The average molecular weight is 593 g/mol. The highest BCUT2D eigenvalue weighted by Gasteiger charge is 2.35. The van der Waals surface area contributed by atoms with E-state index in [0.717, 1.165) is 48.3 Å². The molecule has 2 aromatic heterocycles. The van der Waals surface area contributed by atoms with Crippen molar-refractivity contribution in [2.24, 2.45) is 7.05 Å². The van der Waals surface area contributed by atoms with Crippen LogP contribution in [0.3, 0.4) is 0 Å². The van der Waals surface area contributed by atoms with Crippen molar-refractivity contribution >= 4 is 28.2 Å². The fourth-order valence-electron chi connectivity index (χ4n) is 6.56. The van der Waals surface area contributed by atoms with E-state index in [0.29, 0.717) is 52.4 Å². The molecule has 0 unspecified atom stereocenters. The maximum absolute atomic E-state index is 15.3. The van der Waals surface area contributed by atoms with Gasteiger partial charge in [-0.2, -0.15) is 0 Å². The van der Waals surface area contributed by atoms with Gasteiger partial charge in [-0.05, 0) is 85.0 Å². The summed E-state index contributed by atoms with van der Waals surface area (Å²) in [5.41, 5.74) is 4.96. The molecule has 2 fully saturated rings. The fourth-order valence-corrected chi connectivity index (χ4v) is 6.56. The number of amides is 1. The van der Waals surface area contributed by atoms with Crippen molar-refractivity contribution in [1.29, 1.82) is 0 Å². The Labute approximate surface area is 252 Å². The molecule has 5 aromatic rings. The van der Waals surface area contributed by atoms with Crippen LogP contribution in [0.25, 0.3) is 33.3 Å². The molecule has 10 heteroatoms. The summed E-state index contributed by atoms with van der Waals surface area (Å²) < 4.78 is 37.3. The molecule has 8 nitrogen and oxygen atoms in total. The minimum absolute atomic E-state index is 0.120. The first-order chi connectivity index (χ1) is 21.3. The van der Waals surface area contributed by atoms with E-state index in [9.17, 15) is 9.18 Å². The highest BCUT2D eigenvalue weighted by molar-refractivity contribution is 6.27. The van der Waals surface area contributed by atoms with Crippen LogP contribution >= 0.6 is 0 Å². The standard InChI is InChI=1S/C34H30F2N6O2/c1-19-16-41(9-10-44-19)17-20-11-26-28(36)7-8-30-32(26)27(12-20)34(43)42(30)31-14-22(13-29(38-31)21-3-4-21)24-6-5-23(35)15-25(24)33-39-37-18-40(33)2/h5-8,11-15,18-19,21H,3-4,9-10,16-17H2,1-2H3/t19-/m1/s1. The number of halogens is 2. The number of morpholine rings is 1. The number of nitrogens with zero attached hydrogens (tertiary/aromatic N) is 6. The molecule has 0 N–H and O–H groups in total. The van der Waals surface area contributed by atoms with Gasteiger partial charge in [-0.3, -0.25) is 14.6 Å². The summed E-state index contributed by atoms with van der Waals surface area (Å²) in [6, 6.07) is 15.3. The Morgan fingerprint density at radius 1 is 1.00 bits per heavy atom. The van der Waals surface area contributed by atoms with Crippen LogP contribution < -0.4 is 4.90 Å². The Hall–Kier alpha value is -4.54. The van der Waals surface area contributed by atoms with Crippen LogP contribution in [0, 0.1) is 11.6 Å². The topological polar surface area (TPSA) is 76.4 Å². The first kappa shape index (κ1) is 27.0. The minimum atomic E-state index is -0.385. The van der Waals surface area contributed by atoms with Crippen LogP contribution in [0.2, 0.25) is 0 Å². The predicted molar refractivity (Wildman–Crippen MR) is 163 cm³/mol. The van der Waals surface area contributed by atoms with E-state index in [1.54, 1.807) is 27.9 Å². The number of carbonyl (C=O) groups excluding carboxylic acids is 1. The van der Waals surface area contributed by atoms with Crippen LogP contribution in [-0.2, 0) is 18.3 Å². The zero-order valence-corrected chi connectivity index (χ0v) is 24.4. The molecule has 222 valence electrons. The molecule has 1 atom stereocenters. The lowest BCUT2D eigenvalue weighted by Gasteiger charge is -2.31. The van der Waals surface area contributed by atoms with Crippen molar-refractivity contribution in [3.8, 4) is 22.5 Å². The molecule has 3 aromatic carbocycles. The molecule has 1 saturated heterocycles. The van der Waals surface area contributed by atoms with Crippen molar-refractivity contribution in [3.05, 3.63) is 89.4 Å². The Morgan fingerprint density at radius 3 is 2.64 bits per heavy atom. The number of hydrogen-bond donors (Lipinski definition) is 0. The summed E-state index contributed by atoms with van der Waals surface area (Å²) in [4.78, 5) is 23.1. The highest BCUT2D eigenvalue weighted by Crippen LogP contribution is 2.46. The number of rotatable bonds is 6. The fraction of sp³-hybridized carbons (Fsp3) is 0.294. The van der Waals surface area contributed by atoms with Crippen LogP contribution in [0.15, 0.2) is 60.9 Å². The number of carbonyl (C=O) groups is 1. The molecule has 44 heavy (non-hydrogen) atoms. The number of hydrogen-bond acceptors (Lipinski definition) is 6. The second-order valence-electron chi connectivity index (χ2n) is 12.1. The van der Waals surface area contributed by atoms with Crippen molar-refractivity contribution in [2.45, 2.75) is 38.3 Å². The number of aryl methyl sites for hydroxylation is 1. The van der Waals surface area contributed by atoms with Gasteiger partial charge in [0.15, 0.2) is 5.82 Å². The Kier molecular flexibility index (Phi) is 6.32. The van der Waals surface area contributed by atoms with Crippen LogP contribution in [0.5, 0.6) is 0 Å². The van der Waals surface area contributed by atoms with Crippen LogP contribution in [0.4, 0.5) is 20.3 Å². The van der Waals surface area contributed by atoms with Crippen molar-refractivity contribution in [1.82, 2.24) is 24.6 Å². The summed E-state index contributed by atoms with van der Waals surface area (Å²) in [7, 11) is 1.81. The van der Waals surface area contributed by atoms with E-state index in [1.165, 1.54) is 18.2 Å². The largest absolute Gasteiger partial charge is 0.376 e. The molecule has 0 bridgehead atoms. The van der Waals surface area contributed by atoms with E-state index in [1.807, 2.05) is 38.2 Å². The van der Waals surface area contributed by atoms with Gasteiger partial charge in [-0.1, -0.05) is 6.07 Å². The average Bonchev–Trinajstić information content (AvgIpc) is 3.71. The third-order valence-electron chi connectivity index (χ3n) is 8.81. The lowest BCUT2D eigenvalue weighted by atomic mass is 9.98. The smallest absolute Gasteiger partial charge is 0.264 e. The molecular formula is C34H30F2N6O2. The second kappa shape index (κ2) is 10.3. The first-order valence-corrected chi connectivity index (χ1v) is 14.9. The molecule has 0 spiro atoms. The zero-order valence-electron chi connectivity index (χ0n) is 24.4. The van der Waals surface area contributed by atoms with E-state index < -0.39 is 0 Å². The highest BCUT2D eigenvalue weighted by atomic mass is 19.1. The monoisotopic (exact) mass is 592 g/mol. The molecule has 4 heterocycles. The molecule has 8 rings (SSSR count). The van der Waals surface area contributed by atoms with E-state index in [2.05, 4.69) is 15.1 Å². The molecular weight excluding hydrogens is 562 g/mol. The number of pyridine rings is 1. The molecule has 0 radical (unpaired) electrons. The van der Waals surface area contributed by atoms with Gasteiger partial charge in [-0.25, -0.2) is 13.8 Å². The van der Waals surface area contributed by atoms with Crippen molar-refractivity contribution in [2.75, 3.05) is 24.6 Å². The Bertz CT molecular complexity index is 1970.